The Morgan fingerprint density at radius 1 is 0.618 bits per heavy atom. The SMILES string of the molecule is CC(C)NC(=O)[C@@H](c1ccccc1)[C@@H](c1ccccc1)P(=O)(c1ccccc1)c1ccccc1. The van der Waals surface area contributed by atoms with E-state index < -0.39 is 18.7 Å². The first-order valence-corrected chi connectivity index (χ1v) is 13.4. The number of rotatable bonds is 8. The second kappa shape index (κ2) is 10.7. The normalized spacial score (nSPS) is 13.3. The van der Waals surface area contributed by atoms with Crippen LogP contribution in [0.3, 0.4) is 0 Å². The Morgan fingerprint density at radius 2 is 1.00 bits per heavy atom. The maximum absolute atomic E-state index is 15.5. The van der Waals surface area contributed by atoms with E-state index in [4.69, 9.17) is 0 Å². The van der Waals surface area contributed by atoms with Gasteiger partial charge in [0, 0.05) is 16.7 Å². The molecule has 1 N–H and O–H groups in total. The first kappa shape index (κ1) is 23.7. The van der Waals surface area contributed by atoms with E-state index in [1.165, 1.54) is 0 Å². The molecule has 4 aromatic rings. The van der Waals surface area contributed by atoms with Crippen LogP contribution in [0.15, 0.2) is 121 Å². The van der Waals surface area contributed by atoms with Crippen molar-refractivity contribution in [1.82, 2.24) is 5.32 Å². The standard InChI is InChI=1S/C30H30NO2P/c1-23(2)31-30(32)28(24-15-7-3-8-16-24)29(25-17-9-4-10-18-25)34(33,26-19-11-5-12-20-26)27-21-13-6-14-22-27/h3-23,28-29H,1-2H3,(H,31,32)/t28-,29+/m0/s1. The predicted octanol–water partition coefficient (Wildman–Crippen LogP) is 6.05. The number of hydrogen-bond acceptors (Lipinski definition) is 2. The number of carbonyl (C=O) groups excluding carboxylic acids is 1. The second-order valence-electron chi connectivity index (χ2n) is 8.74. The lowest BCUT2D eigenvalue weighted by Gasteiger charge is -2.35. The van der Waals surface area contributed by atoms with Crippen molar-refractivity contribution in [2.75, 3.05) is 0 Å². The van der Waals surface area contributed by atoms with Gasteiger partial charge >= 0.3 is 0 Å². The molecule has 0 heterocycles. The van der Waals surface area contributed by atoms with Gasteiger partial charge < -0.3 is 9.88 Å². The summed E-state index contributed by atoms with van der Waals surface area (Å²) in [5.41, 5.74) is 1.15. The molecule has 2 atom stereocenters. The largest absolute Gasteiger partial charge is 0.353 e. The van der Waals surface area contributed by atoms with E-state index in [1.807, 2.05) is 135 Å². The van der Waals surface area contributed by atoms with Crippen molar-refractivity contribution >= 4 is 23.7 Å². The fraction of sp³-hybridized carbons (Fsp3) is 0.167. The highest BCUT2D eigenvalue weighted by molar-refractivity contribution is 7.79. The van der Waals surface area contributed by atoms with Crippen LogP contribution in [-0.4, -0.2) is 11.9 Å². The minimum Gasteiger partial charge on any atom is -0.353 e. The Hall–Kier alpha value is -3.42. The van der Waals surface area contributed by atoms with Crippen molar-refractivity contribution in [3.63, 3.8) is 0 Å². The molecule has 0 saturated heterocycles. The van der Waals surface area contributed by atoms with Crippen molar-refractivity contribution in [3.05, 3.63) is 132 Å². The minimum atomic E-state index is -3.34. The van der Waals surface area contributed by atoms with Crippen LogP contribution in [-0.2, 0) is 9.36 Å². The summed E-state index contributed by atoms with van der Waals surface area (Å²) in [6.45, 7) is 3.90. The summed E-state index contributed by atoms with van der Waals surface area (Å²) < 4.78 is 15.5. The Kier molecular flexibility index (Phi) is 7.45. The van der Waals surface area contributed by atoms with Crippen LogP contribution in [0.1, 0.15) is 36.6 Å². The molecule has 0 spiro atoms. The van der Waals surface area contributed by atoms with Crippen LogP contribution in [0.4, 0.5) is 0 Å². The summed E-state index contributed by atoms with van der Waals surface area (Å²) in [7, 11) is -3.34. The highest BCUT2D eigenvalue weighted by Gasteiger charge is 2.45. The van der Waals surface area contributed by atoms with Crippen LogP contribution in [0, 0.1) is 0 Å². The molecule has 4 aromatic carbocycles. The average molecular weight is 468 g/mol. The summed E-state index contributed by atoms with van der Waals surface area (Å²) in [6.07, 6.45) is 0. The summed E-state index contributed by atoms with van der Waals surface area (Å²) in [4.78, 5) is 13.8. The van der Waals surface area contributed by atoms with Gasteiger partial charge in [-0.3, -0.25) is 4.79 Å². The number of carbonyl (C=O) groups is 1. The van der Waals surface area contributed by atoms with Gasteiger partial charge in [0.25, 0.3) is 0 Å². The van der Waals surface area contributed by atoms with Crippen LogP contribution < -0.4 is 15.9 Å². The molecule has 3 nitrogen and oxygen atoms in total. The van der Waals surface area contributed by atoms with Gasteiger partial charge in [-0.05, 0) is 25.0 Å². The molecule has 0 aliphatic heterocycles. The smallest absolute Gasteiger partial charge is 0.228 e. The second-order valence-corrected chi connectivity index (χ2v) is 11.6. The first-order chi connectivity index (χ1) is 16.5. The molecule has 4 rings (SSSR count). The number of hydrogen-bond donors (Lipinski definition) is 1. The van der Waals surface area contributed by atoms with E-state index >= 15 is 4.57 Å². The lowest BCUT2D eigenvalue weighted by Crippen LogP contribution is -2.38. The van der Waals surface area contributed by atoms with Gasteiger partial charge in [0.15, 0.2) is 7.14 Å². The van der Waals surface area contributed by atoms with Gasteiger partial charge in [-0.2, -0.15) is 0 Å². The van der Waals surface area contributed by atoms with Crippen LogP contribution >= 0.6 is 7.14 Å². The van der Waals surface area contributed by atoms with Crippen molar-refractivity contribution in [3.8, 4) is 0 Å². The Balaban J connectivity index is 2.04. The van der Waals surface area contributed by atoms with Gasteiger partial charge in [-0.25, -0.2) is 0 Å². The van der Waals surface area contributed by atoms with E-state index in [-0.39, 0.29) is 11.9 Å². The highest BCUT2D eigenvalue weighted by Crippen LogP contribution is 2.62. The maximum Gasteiger partial charge on any atom is 0.228 e. The Morgan fingerprint density at radius 3 is 1.41 bits per heavy atom. The molecule has 0 fully saturated rings. The van der Waals surface area contributed by atoms with E-state index in [0.29, 0.717) is 0 Å². The topological polar surface area (TPSA) is 46.2 Å². The average Bonchev–Trinajstić information content (AvgIpc) is 2.88. The molecule has 0 aromatic heterocycles. The zero-order chi connectivity index (χ0) is 24.0. The molecule has 0 unspecified atom stereocenters. The molecule has 0 bridgehead atoms. The molecule has 4 heteroatoms. The molecule has 1 amide bonds. The van der Waals surface area contributed by atoms with E-state index in [0.717, 1.165) is 21.7 Å². The Labute approximate surface area is 202 Å². The van der Waals surface area contributed by atoms with Gasteiger partial charge in [0.1, 0.15) is 0 Å². The lowest BCUT2D eigenvalue weighted by molar-refractivity contribution is -0.123. The van der Waals surface area contributed by atoms with Gasteiger partial charge in [-0.1, -0.05) is 121 Å². The number of nitrogens with one attached hydrogen (secondary N) is 1. The van der Waals surface area contributed by atoms with E-state index in [2.05, 4.69) is 5.32 Å². The molecular weight excluding hydrogens is 437 g/mol. The van der Waals surface area contributed by atoms with Crippen molar-refractivity contribution in [2.24, 2.45) is 0 Å². The molecular formula is C30H30NO2P. The highest BCUT2D eigenvalue weighted by atomic mass is 31.2. The predicted molar refractivity (Wildman–Crippen MR) is 141 cm³/mol. The summed E-state index contributed by atoms with van der Waals surface area (Å²) >= 11 is 0. The maximum atomic E-state index is 15.5. The summed E-state index contributed by atoms with van der Waals surface area (Å²) in [5.74, 6) is -0.764. The fourth-order valence-electron chi connectivity index (χ4n) is 4.54. The molecule has 0 saturated carbocycles. The van der Waals surface area contributed by atoms with Crippen molar-refractivity contribution in [1.29, 1.82) is 0 Å². The first-order valence-electron chi connectivity index (χ1n) is 11.6. The third-order valence-corrected chi connectivity index (χ3v) is 9.51. The molecule has 34 heavy (non-hydrogen) atoms. The van der Waals surface area contributed by atoms with Gasteiger partial charge in [0.2, 0.25) is 5.91 Å². The van der Waals surface area contributed by atoms with Crippen molar-refractivity contribution < 1.29 is 9.36 Å². The molecule has 172 valence electrons. The summed E-state index contributed by atoms with van der Waals surface area (Å²) in [6, 6.07) is 38.7. The minimum absolute atomic E-state index is 0.0389. The molecule has 0 aliphatic carbocycles. The van der Waals surface area contributed by atoms with E-state index in [1.54, 1.807) is 0 Å². The number of amides is 1. The number of benzene rings is 4. The van der Waals surface area contributed by atoms with E-state index in [9.17, 15) is 4.79 Å². The fourth-order valence-corrected chi connectivity index (χ4v) is 8.03. The molecule has 0 aliphatic rings. The van der Waals surface area contributed by atoms with Gasteiger partial charge in [0.05, 0.1) is 11.6 Å². The zero-order valence-corrected chi connectivity index (χ0v) is 20.4. The van der Waals surface area contributed by atoms with Crippen LogP contribution in [0.25, 0.3) is 0 Å². The van der Waals surface area contributed by atoms with Crippen LogP contribution in [0.2, 0.25) is 0 Å². The third-order valence-electron chi connectivity index (χ3n) is 6.00. The quantitative estimate of drug-likeness (QED) is 0.321. The zero-order valence-electron chi connectivity index (χ0n) is 19.5. The summed E-state index contributed by atoms with van der Waals surface area (Å²) in [5, 5.41) is 4.59. The molecule has 0 radical (unpaired) electrons. The van der Waals surface area contributed by atoms with Gasteiger partial charge in [-0.15, -0.1) is 0 Å². The van der Waals surface area contributed by atoms with Crippen molar-refractivity contribution in [2.45, 2.75) is 31.5 Å². The Bertz CT molecular complexity index is 1200. The monoisotopic (exact) mass is 467 g/mol. The van der Waals surface area contributed by atoms with Crippen LogP contribution in [0.5, 0.6) is 0 Å². The lowest BCUT2D eigenvalue weighted by atomic mass is 9.90. The third kappa shape index (κ3) is 4.90.